The summed E-state index contributed by atoms with van der Waals surface area (Å²) < 4.78 is 6.74. The molecule has 1 aliphatic rings. The number of hydrogen-bond donors (Lipinski definition) is 2. The number of nitrogens with zero attached hydrogens (tertiary/aromatic N) is 3. The van der Waals surface area contributed by atoms with Gasteiger partial charge in [-0.1, -0.05) is 0 Å². The number of benzene rings is 2. The van der Waals surface area contributed by atoms with Crippen LogP contribution in [0.2, 0.25) is 0 Å². The lowest BCUT2D eigenvalue weighted by Crippen LogP contribution is -2.42. The number of carbonyl (C=O) groups excluding carboxylic acids is 2. The molecule has 1 unspecified atom stereocenters. The highest BCUT2D eigenvalue weighted by Gasteiger charge is 2.22. The fraction of sp³-hybridized carbons (Fsp3) is 0.400. The minimum absolute atomic E-state index is 0. The fourth-order valence-corrected chi connectivity index (χ4v) is 4.10. The Bertz CT molecular complexity index is 1160. The van der Waals surface area contributed by atoms with Gasteiger partial charge >= 0.3 is 6.09 Å². The Kier molecular flexibility index (Phi) is 6.26. The molecule has 1 amide bonds. The predicted molar refractivity (Wildman–Crippen MR) is 135 cm³/mol. The maximum atomic E-state index is 12.4. The van der Waals surface area contributed by atoms with Gasteiger partial charge in [-0.3, -0.25) is 4.79 Å². The normalized spacial score (nSPS) is 16.5. The SMILES string of the molecule is CC(=O)Nc1ccc(N2CCCC(Nc3ccc4c(cnn4C(=O)OC(C)(C)C)c3)C2)cc1.[HH].[HH]. The summed E-state index contributed by atoms with van der Waals surface area (Å²) in [5, 5.41) is 11.5. The third kappa shape index (κ3) is 5.63. The van der Waals surface area contributed by atoms with Crippen LogP contribution in [0, 0.1) is 0 Å². The molecule has 178 valence electrons. The van der Waals surface area contributed by atoms with Crippen molar-refractivity contribution in [2.75, 3.05) is 28.6 Å². The highest BCUT2D eigenvalue weighted by atomic mass is 16.6. The van der Waals surface area contributed by atoms with Gasteiger partial charge in [0.15, 0.2) is 0 Å². The number of aromatic nitrogens is 2. The molecule has 0 aliphatic carbocycles. The van der Waals surface area contributed by atoms with Gasteiger partial charge in [0.05, 0.1) is 11.7 Å². The van der Waals surface area contributed by atoms with Gasteiger partial charge in [0, 0.05) is 51.4 Å². The summed E-state index contributed by atoms with van der Waals surface area (Å²) in [5.74, 6) is -0.0707. The number of rotatable bonds is 4. The van der Waals surface area contributed by atoms with E-state index in [1.807, 2.05) is 63.2 Å². The molecule has 1 aromatic heterocycles. The van der Waals surface area contributed by atoms with E-state index in [9.17, 15) is 9.59 Å². The van der Waals surface area contributed by atoms with Gasteiger partial charge in [0.25, 0.3) is 0 Å². The molecule has 2 N–H and O–H groups in total. The minimum atomic E-state index is -0.575. The van der Waals surface area contributed by atoms with Gasteiger partial charge in [-0.2, -0.15) is 9.78 Å². The Morgan fingerprint density at radius 1 is 1.12 bits per heavy atom. The van der Waals surface area contributed by atoms with Crippen LogP contribution in [0.15, 0.2) is 48.7 Å². The van der Waals surface area contributed by atoms with E-state index in [4.69, 9.17) is 4.74 Å². The van der Waals surface area contributed by atoms with E-state index in [0.29, 0.717) is 6.04 Å². The maximum absolute atomic E-state index is 12.4. The molecule has 8 heteroatoms. The molecule has 0 radical (unpaired) electrons. The Morgan fingerprint density at radius 2 is 1.85 bits per heavy atom. The van der Waals surface area contributed by atoms with E-state index >= 15 is 0 Å². The monoisotopic (exact) mass is 453 g/mol. The van der Waals surface area contributed by atoms with Crippen molar-refractivity contribution in [2.45, 2.75) is 52.2 Å². The van der Waals surface area contributed by atoms with Crippen molar-refractivity contribution in [3.8, 4) is 0 Å². The summed E-state index contributed by atoms with van der Waals surface area (Å²) in [6, 6.07) is 14.2. The van der Waals surface area contributed by atoms with E-state index < -0.39 is 11.7 Å². The van der Waals surface area contributed by atoms with Crippen molar-refractivity contribution in [3.05, 3.63) is 48.7 Å². The number of ether oxygens (including phenoxy) is 1. The van der Waals surface area contributed by atoms with E-state index in [1.54, 1.807) is 6.20 Å². The molecule has 3 aromatic rings. The average Bonchev–Trinajstić information content (AvgIpc) is 3.16. The Hall–Kier alpha value is -3.55. The highest BCUT2D eigenvalue weighted by Crippen LogP contribution is 2.25. The second-order valence-corrected chi connectivity index (χ2v) is 9.47. The third-order valence-electron chi connectivity index (χ3n) is 5.48. The molecule has 1 aliphatic heterocycles. The second kappa shape index (κ2) is 9.13. The lowest BCUT2D eigenvalue weighted by atomic mass is 10.0. The van der Waals surface area contributed by atoms with Gasteiger partial charge < -0.3 is 20.3 Å². The molecule has 0 bridgehead atoms. The molecule has 33 heavy (non-hydrogen) atoms. The van der Waals surface area contributed by atoms with Crippen LogP contribution in [0.1, 0.15) is 43.4 Å². The molecular formula is C25H35N5O3. The number of carbonyl (C=O) groups is 2. The quantitative estimate of drug-likeness (QED) is 0.554. The van der Waals surface area contributed by atoms with Gasteiger partial charge in [-0.05, 0) is 76.1 Å². The fourth-order valence-electron chi connectivity index (χ4n) is 4.10. The molecule has 4 rings (SSSR count). The summed E-state index contributed by atoms with van der Waals surface area (Å²) in [4.78, 5) is 26.0. The largest absolute Gasteiger partial charge is 0.442 e. The maximum Gasteiger partial charge on any atom is 0.435 e. The topological polar surface area (TPSA) is 88.5 Å². The molecule has 0 saturated carbocycles. The van der Waals surface area contributed by atoms with Gasteiger partial charge in [0.2, 0.25) is 5.91 Å². The van der Waals surface area contributed by atoms with Crippen LogP contribution in [0.5, 0.6) is 0 Å². The standard InChI is InChI=1S/C25H31N5O3.2H2/c1-17(31)27-19-7-10-22(11-8-19)29-13-5-6-21(16-29)28-20-9-12-23-18(14-20)15-26-30(23)24(32)33-25(2,3)4;;/h7-12,14-15,21,28H,5-6,13,16H2,1-4H3,(H,27,31);2*1H. The lowest BCUT2D eigenvalue weighted by Gasteiger charge is -2.35. The lowest BCUT2D eigenvalue weighted by molar-refractivity contribution is -0.114. The first-order valence-electron chi connectivity index (χ1n) is 11.3. The molecular weight excluding hydrogens is 418 g/mol. The predicted octanol–water partition coefficient (Wildman–Crippen LogP) is 5.35. The van der Waals surface area contributed by atoms with E-state index in [2.05, 4.69) is 20.6 Å². The van der Waals surface area contributed by atoms with Crippen LogP contribution in [0.25, 0.3) is 10.9 Å². The number of hydrogen-bond acceptors (Lipinski definition) is 6. The van der Waals surface area contributed by atoms with Crippen molar-refractivity contribution in [1.29, 1.82) is 0 Å². The first-order chi connectivity index (χ1) is 15.7. The van der Waals surface area contributed by atoms with Crippen molar-refractivity contribution < 1.29 is 17.2 Å². The number of nitrogens with one attached hydrogen (secondary N) is 2. The Labute approximate surface area is 196 Å². The Morgan fingerprint density at radius 3 is 2.55 bits per heavy atom. The van der Waals surface area contributed by atoms with Crippen LogP contribution in [-0.4, -0.2) is 46.5 Å². The first kappa shape index (κ1) is 22.6. The van der Waals surface area contributed by atoms with Crippen molar-refractivity contribution >= 4 is 40.0 Å². The first-order valence-corrected chi connectivity index (χ1v) is 11.3. The van der Waals surface area contributed by atoms with E-state index in [-0.39, 0.29) is 8.76 Å². The average molecular weight is 454 g/mol. The number of anilines is 3. The van der Waals surface area contributed by atoms with E-state index in [1.165, 1.54) is 11.6 Å². The molecule has 2 heterocycles. The Balaban J connectivity index is 0.00000216. The number of fused-ring (bicyclic) bond motifs is 1. The molecule has 0 spiro atoms. The molecule has 1 atom stereocenters. The van der Waals surface area contributed by atoms with Crippen molar-refractivity contribution in [1.82, 2.24) is 9.78 Å². The summed E-state index contributed by atoms with van der Waals surface area (Å²) in [6.45, 7) is 8.90. The van der Waals surface area contributed by atoms with Gasteiger partial charge in [0.1, 0.15) is 5.60 Å². The zero-order chi connectivity index (χ0) is 23.6. The van der Waals surface area contributed by atoms with Crippen molar-refractivity contribution in [3.63, 3.8) is 0 Å². The molecule has 8 nitrogen and oxygen atoms in total. The van der Waals surface area contributed by atoms with Crippen LogP contribution in [0.3, 0.4) is 0 Å². The third-order valence-corrected chi connectivity index (χ3v) is 5.48. The van der Waals surface area contributed by atoms with Crippen LogP contribution >= 0.6 is 0 Å². The van der Waals surface area contributed by atoms with Crippen LogP contribution in [-0.2, 0) is 9.53 Å². The molecule has 1 saturated heterocycles. The number of piperidine rings is 1. The second-order valence-electron chi connectivity index (χ2n) is 9.47. The van der Waals surface area contributed by atoms with Crippen molar-refractivity contribution in [2.24, 2.45) is 0 Å². The molecule has 2 aromatic carbocycles. The summed E-state index contributed by atoms with van der Waals surface area (Å²) in [7, 11) is 0. The summed E-state index contributed by atoms with van der Waals surface area (Å²) in [6.07, 6.45) is 3.37. The summed E-state index contributed by atoms with van der Waals surface area (Å²) in [5.41, 5.74) is 3.09. The molecule has 1 fully saturated rings. The smallest absolute Gasteiger partial charge is 0.435 e. The van der Waals surface area contributed by atoms with Gasteiger partial charge in [-0.25, -0.2) is 4.79 Å². The summed E-state index contributed by atoms with van der Waals surface area (Å²) >= 11 is 0. The minimum Gasteiger partial charge on any atom is -0.442 e. The van der Waals surface area contributed by atoms with Gasteiger partial charge in [-0.15, -0.1) is 0 Å². The number of amides is 1. The van der Waals surface area contributed by atoms with E-state index in [0.717, 1.165) is 53.9 Å². The zero-order valence-corrected chi connectivity index (χ0v) is 19.6. The highest BCUT2D eigenvalue weighted by molar-refractivity contribution is 5.90. The van der Waals surface area contributed by atoms with Crippen LogP contribution in [0.4, 0.5) is 21.9 Å². The zero-order valence-electron chi connectivity index (χ0n) is 19.6. The van der Waals surface area contributed by atoms with Crippen LogP contribution < -0.4 is 15.5 Å².